The number of nitrogens with one attached hydrogen (secondary N) is 2. The van der Waals surface area contributed by atoms with Crippen molar-refractivity contribution in [3.8, 4) is 5.75 Å². The van der Waals surface area contributed by atoms with E-state index in [1.165, 1.54) is 19.2 Å². The van der Waals surface area contributed by atoms with Crippen LogP contribution < -0.4 is 15.4 Å². The van der Waals surface area contributed by atoms with Gasteiger partial charge in [-0.25, -0.2) is 9.59 Å². The van der Waals surface area contributed by atoms with Gasteiger partial charge < -0.3 is 24.8 Å². The molecule has 46 heavy (non-hydrogen) atoms. The summed E-state index contributed by atoms with van der Waals surface area (Å²) in [6, 6.07) is 13.7. The fraction of sp³-hybridized carbons (Fsp3) is 0.333. The summed E-state index contributed by atoms with van der Waals surface area (Å²) in [5.41, 5.74) is 1.03. The van der Waals surface area contributed by atoms with Crippen molar-refractivity contribution in [2.45, 2.75) is 51.7 Å². The first-order chi connectivity index (χ1) is 21.7. The Hall–Kier alpha value is -3.50. The second-order valence-electron chi connectivity index (χ2n) is 11.2. The van der Waals surface area contributed by atoms with Crippen molar-refractivity contribution in [2.75, 3.05) is 20.3 Å². The van der Waals surface area contributed by atoms with Gasteiger partial charge in [-0.05, 0) is 62.6 Å². The fourth-order valence-corrected chi connectivity index (χ4v) is 5.50. The molecule has 0 unspecified atom stereocenters. The van der Waals surface area contributed by atoms with Gasteiger partial charge in [-0.1, -0.05) is 76.7 Å². The molecule has 0 aliphatic rings. The van der Waals surface area contributed by atoms with Gasteiger partial charge in [0.15, 0.2) is 5.78 Å². The highest BCUT2D eigenvalue weighted by Crippen LogP contribution is 2.31. The van der Waals surface area contributed by atoms with Crippen LogP contribution in [0.2, 0.25) is 20.1 Å². The number of Topliss-reactive ketones (excluding diaryl/α,β-unsaturated/α-hetero) is 1. The van der Waals surface area contributed by atoms with Gasteiger partial charge in [0.25, 0.3) is 5.91 Å². The van der Waals surface area contributed by atoms with Crippen LogP contribution in [-0.2, 0) is 27.1 Å². The molecule has 0 saturated heterocycles. The Morgan fingerprint density at radius 2 is 1.41 bits per heavy atom. The van der Waals surface area contributed by atoms with Gasteiger partial charge in [0.1, 0.15) is 17.4 Å². The van der Waals surface area contributed by atoms with Gasteiger partial charge in [0.05, 0.1) is 44.9 Å². The summed E-state index contributed by atoms with van der Waals surface area (Å²) in [5.74, 6) is -1.27. The third-order valence-corrected chi connectivity index (χ3v) is 7.59. The highest BCUT2D eigenvalue weighted by atomic mass is 35.5. The molecule has 9 nitrogen and oxygen atoms in total. The largest absolute Gasteiger partial charge is 0.493 e. The van der Waals surface area contributed by atoms with Crippen molar-refractivity contribution in [3.05, 3.63) is 96.9 Å². The Bertz CT molecular complexity index is 1530. The van der Waals surface area contributed by atoms with E-state index in [2.05, 4.69) is 10.6 Å². The fourth-order valence-electron chi connectivity index (χ4n) is 4.25. The molecule has 13 heteroatoms. The number of ketones is 1. The average molecular weight is 712 g/mol. The molecule has 0 heterocycles. The molecule has 246 valence electrons. The summed E-state index contributed by atoms with van der Waals surface area (Å²) >= 11 is 25.1. The summed E-state index contributed by atoms with van der Waals surface area (Å²) < 4.78 is 15.8. The minimum Gasteiger partial charge on any atom is -0.493 e. The van der Waals surface area contributed by atoms with E-state index >= 15 is 0 Å². The number of esters is 1. The lowest BCUT2D eigenvalue weighted by Gasteiger charge is -2.19. The van der Waals surface area contributed by atoms with Gasteiger partial charge in [-0.2, -0.15) is 0 Å². The van der Waals surface area contributed by atoms with Crippen molar-refractivity contribution < 1.29 is 33.4 Å². The van der Waals surface area contributed by atoms with E-state index in [-0.39, 0.29) is 56.4 Å². The number of benzene rings is 3. The Balaban J connectivity index is 1.60. The molecule has 0 fully saturated rings. The number of alkyl carbamates (subject to hydrolysis) is 1. The molecule has 3 aromatic carbocycles. The average Bonchev–Trinajstić information content (AvgIpc) is 2.96. The van der Waals surface area contributed by atoms with Crippen LogP contribution >= 0.6 is 46.4 Å². The SMILES string of the molecule is COC(=O)[C@H](Cc1ccc(CC(=O)c2c(Cl)cccc2Cl)cc1)NC(=O)c1c(Cl)cc(OCCCNC(=O)OC(C)(C)C)cc1Cl. The molecular weight excluding hydrogens is 678 g/mol. The minimum absolute atomic E-state index is 0.0168. The summed E-state index contributed by atoms with van der Waals surface area (Å²) in [6.07, 6.45) is 0.116. The van der Waals surface area contributed by atoms with Crippen LogP contribution in [0.25, 0.3) is 0 Å². The van der Waals surface area contributed by atoms with Crippen LogP contribution in [0.1, 0.15) is 59.0 Å². The van der Waals surface area contributed by atoms with Gasteiger partial charge in [-0.15, -0.1) is 0 Å². The zero-order valence-electron chi connectivity index (χ0n) is 25.7. The molecule has 0 aromatic heterocycles. The number of amides is 2. The lowest BCUT2D eigenvalue weighted by molar-refractivity contribution is -0.142. The second kappa shape index (κ2) is 16.9. The number of carbonyl (C=O) groups excluding carboxylic acids is 4. The molecule has 0 bridgehead atoms. The van der Waals surface area contributed by atoms with Crippen molar-refractivity contribution in [2.24, 2.45) is 0 Å². The number of hydrogen-bond acceptors (Lipinski definition) is 7. The maximum Gasteiger partial charge on any atom is 0.407 e. The summed E-state index contributed by atoms with van der Waals surface area (Å²) in [7, 11) is 1.21. The monoisotopic (exact) mass is 710 g/mol. The number of carbonyl (C=O) groups is 4. The van der Waals surface area contributed by atoms with Crippen LogP contribution in [0.15, 0.2) is 54.6 Å². The molecule has 0 aliphatic heterocycles. The Morgan fingerprint density at radius 1 is 0.826 bits per heavy atom. The number of methoxy groups -OCH3 is 1. The summed E-state index contributed by atoms with van der Waals surface area (Å²) in [5, 5.41) is 5.86. The molecule has 2 amide bonds. The van der Waals surface area contributed by atoms with Crippen LogP contribution in [0.5, 0.6) is 5.75 Å². The van der Waals surface area contributed by atoms with Crippen LogP contribution in [0.4, 0.5) is 4.79 Å². The second-order valence-corrected chi connectivity index (χ2v) is 12.8. The third-order valence-electron chi connectivity index (χ3n) is 6.36. The van der Waals surface area contributed by atoms with E-state index in [0.717, 1.165) is 0 Å². The van der Waals surface area contributed by atoms with Gasteiger partial charge in [-0.3, -0.25) is 9.59 Å². The molecular formula is C33H34Cl4N2O7. The number of hydrogen-bond donors (Lipinski definition) is 2. The lowest BCUT2D eigenvalue weighted by Crippen LogP contribution is -2.43. The maximum absolute atomic E-state index is 13.2. The molecule has 0 aliphatic carbocycles. The van der Waals surface area contributed by atoms with Gasteiger partial charge >= 0.3 is 12.1 Å². The van der Waals surface area contributed by atoms with Crippen LogP contribution in [0, 0.1) is 0 Å². The Labute approximate surface area is 287 Å². The Kier molecular flexibility index (Phi) is 13.6. The Morgan fingerprint density at radius 3 is 1.98 bits per heavy atom. The molecule has 1 atom stereocenters. The van der Waals surface area contributed by atoms with Crippen LogP contribution in [0.3, 0.4) is 0 Å². The van der Waals surface area contributed by atoms with Crippen molar-refractivity contribution >= 4 is 70.2 Å². The quantitative estimate of drug-likeness (QED) is 0.107. The molecule has 2 N–H and O–H groups in total. The summed E-state index contributed by atoms with van der Waals surface area (Å²) in [6.45, 7) is 5.88. The van der Waals surface area contributed by atoms with Crippen LogP contribution in [-0.4, -0.2) is 55.7 Å². The minimum atomic E-state index is -1.06. The number of halogens is 4. The third kappa shape index (κ3) is 11.1. The predicted octanol–water partition coefficient (Wildman–Crippen LogP) is 7.53. The van der Waals surface area contributed by atoms with E-state index in [9.17, 15) is 19.2 Å². The number of ether oxygens (including phenoxy) is 3. The lowest BCUT2D eigenvalue weighted by atomic mass is 9.99. The first-order valence-corrected chi connectivity index (χ1v) is 15.7. The highest BCUT2D eigenvalue weighted by Gasteiger charge is 2.26. The van der Waals surface area contributed by atoms with Crippen molar-refractivity contribution in [3.63, 3.8) is 0 Å². The van der Waals surface area contributed by atoms with E-state index in [4.69, 9.17) is 60.6 Å². The van der Waals surface area contributed by atoms with Crippen molar-refractivity contribution in [1.29, 1.82) is 0 Å². The van der Waals surface area contributed by atoms with E-state index in [1.54, 1.807) is 63.2 Å². The predicted molar refractivity (Wildman–Crippen MR) is 179 cm³/mol. The van der Waals surface area contributed by atoms with E-state index in [0.29, 0.717) is 29.8 Å². The van der Waals surface area contributed by atoms with E-state index < -0.39 is 29.6 Å². The molecule has 0 radical (unpaired) electrons. The first kappa shape index (κ1) is 37.0. The molecule has 3 aromatic rings. The normalized spacial score (nSPS) is 11.7. The van der Waals surface area contributed by atoms with Crippen molar-refractivity contribution in [1.82, 2.24) is 10.6 Å². The maximum atomic E-state index is 13.2. The standard InChI is InChI=1S/C33H34Cl4N2O7/c1-33(2,3)46-32(43)38-13-6-14-45-21-17-24(36)29(25(37)18-21)30(41)39-26(31(42)44-4)15-19-9-11-20(12-10-19)16-27(40)28-22(34)7-5-8-23(28)35/h5,7-12,17-18,26H,6,13-16H2,1-4H3,(H,38,43)(H,39,41)/t26-/m0/s1. The molecule has 0 saturated carbocycles. The topological polar surface area (TPSA) is 120 Å². The van der Waals surface area contributed by atoms with Gasteiger partial charge in [0.2, 0.25) is 0 Å². The zero-order chi connectivity index (χ0) is 34.0. The zero-order valence-corrected chi connectivity index (χ0v) is 28.7. The molecule has 0 spiro atoms. The summed E-state index contributed by atoms with van der Waals surface area (Å²) in [4.78, 5) is 50.3. The van der Waals surface area contributed by atoms with Gasteiger partial charge in [0, 0.05) is 19.4 Å². The number of rotatable bonds is 13. The highest BCUT2D eigenvalue weighted by molar-refractivity contribution is 6.40. The smallest absolute Gasteiger partial charge is 0.407 e. The van der Waals surface area contributed by atoms with E-state index in [1.807, 2.05) is 0 Å². The molecule has 3 rings (SSSR count). The first-order valence-electron chi connectivity index (χ1n) is 14.2.